The number of halogens is 11. The maximum Gasteiger partial charge on any atom is 0.431 e. The Morgan fingerprint density at radius 2 is 1.68 bits per heavy atom. The van der Waals surface area contributed by atoms with E-state index in [0.29, 0.717) is 11.0 Å². The molecule has 2 aromatic heterocycles. The van der Waals surface area contributed by atoms with Crippen molar-refractivity contribution in [1.82, 2.24) is 25.0 Å². The van der Waals surface area contributed by atoms with Gasteiger partial charge in [0.15, 0.2) is 0 Å². The number of hydrogen-bond acceptors (Lipinski definition) is 10. The van der Waals surface area contributed by atoms with Gasteiger partial charge in [-0.05, 0) is 68.0 Å². The van der Waals surface area contributed by atoms with Crippen LogP contribution in [-0.2, 0) is 49.5 Å². The fourth-order valence-corrected chi connectivity index (χ4v) is 8.87. The highest BCUT2D eigenvalue weighted by Crippen LogP contribution is 2.45. The zero-order chi connectivity index (χ0) is 55.7. The van der Waals surface area contributed by atoms with Crippen LogP contribution >= 0.6 is 11.6 Å². The smallest absolute Gasteiger partial charge is 0.431 e. The molecule has 3 amide bonds. The minimum atomic E-state index is -5.29. The number of aliphatic carboxylic acids is 2. The average molecular weight is 1110 g/mol. The van der Waals surface area contributed by atoms with Crippen molar-refractivity contribution in [3.8, 4) is 23.0 Å². The second kappa shape index (κ2) is 22.2. The topological polar surface area (TPSA) is 236 Å². The van der Waals surface area contributed by atoms with Crippen molar-refractivity contribution >= 4 is 80.1 Å². The predicted octanol–water partition coefficient (Wildman–Crippen LogP) is 7.47. The highest BCUT2D eigenvalue weighted by molar-refractivity contribution is 7.92. The van der Waals surface area contributed by atoms with Crippen molar-refractivity contribution in [2.45, 2.75) is 81.7 Å². The maximum absolute atomic E-state index is 15.3. The second-order valence-electron chi connectivity index (χ2n) is 17.2. The summed E-state index contributed by atoms with van der Waals surface area (Å²) >= 11 is 4.00. The zero-order valence-electron chi connectivity index (χ0n) is 39.4. The Morgan fingerprint density at radius 1 is 1.07 bits per heavy atom. The molecule has 1 saturated carbocycles. The quantitative estimate of drug-likeness (QED) is 0.0518. The van der Waals surface area contributed by atoms with Gasteiger partial charge in [0.1, 0.15) is 58.9 Å². The molecule has 0 bridgehead atoms. The van der Waals surface area contributed by atoms with E-state index >= 15 is 8.78 Å². The van der Waals surface area contributed by atoms with Crippen LogP contribution < -0.4 is 15.4 Å². The molecule has 5 N–H and O–H groups in total. The molecule has 5 rings (SSSR count). The van der Waals surface area contributed by atoms with Gasteiger partial charge in [0.05, 0.1) is 45.4 Å². The van der Waals surface area contributed by atoms with Gasteiger partial charge in [0.25, 0.3) is 5.92 Å². The molecule has 1 aliphatic carbocycles. The Bertz CT molecular complexity index is 3030. The van der Waals surface area contributed by atoms with Gasteiger partial charge in [-0.15, -0.1) is 5.10 Å². The molecule has 1 aliphatic rings. The van der Waals surface area contributed by atoms with Crippen LogP contribution in [0.3, 0.4) is 0 Å². The van der Waals surface area contributed by atoms with Crippen molar-refractivity contribution in [1.29, 1.82) is 0 Å². The molecule has 400 valence electrons. The molecule has 0 radical (unpaired) electrons. The van der Waals surface area contributed by atoms with Crippen LogP contribution in [0.4, 0.5) is 54.5 Å². The van der Waals surface area contributed by atoms with Crippen molar-refractivity contribution < 1.29 is 82.1 Å². The van der Waals surface area contributed by atoms with Gasteiger partial charge < -0.3 is 30.7 Å². The first kappa shape index (κ1) is 58.4. The zero-order valence-corrected chi connectivity index (χ0v) is 41.8. The molecule has 16 nitrogen and oxygen atoms in total. The van der Waals surface area contributed by atoms with Gasteiger partial charge in [-0.1, -0.05) is 34.8 Å². The van der Waals surface area contributed by atoms with E-state index in [1.807, 2.05) is 0 Å². The van der Waals surface area contributed by atoms with Crippen molar-refractivity contribution in [2.75, 3.05) is 30.4 Å². The number of urea groups is 1. The summed E-state index contributed by atoms with van der Waals surface area (Å²) in [5.74, 6) is -8.07. The summed E-state index contributed by atoms with van der Waals surface area (Å²) in [7, 11) is -0.787. The van der Waals surface area contributed by atoms with E-state index in [2.05, 4.69) is 32.2 Å². The van der Waals surface area contributed by atoms with Crippen LogP contribution in [0.5, 0.6) is 0 Å². The molecule has 0 saturated heterocycles. The molecule has 4 aromatic rings. The lowest BCUT2D eigenvalue weighted by Gasteiger charge is -2.28. The monoisotopic (exact) mass is 1110 g/mol. The Hall–Kier alpha value is -6.44. The largest absolute Gasteiger partial charge is 0.593 e. The summed E-state index contributed by atoms with van der Waals surface area (Å²) in [5, 5.41) is 24.5. The third-order valence-electron chi connectivity index (χ3n) is 11.3. The Kier molecular flexibility index (Phi) is 17.5. The fourth-order valence-electron chi connectivity index (χ4n) is 7.72. The highest BCUT2D eigenvalue weighted by atomic mass is 35.5. The van der Waals surface area contributed by atoms with Gasteiger partial charge in [-0.3, -0.25) is 23.5 Å². The number of carbonyl (C=O) groups excluding carboxylic acids is 2. The number of allylic oxidation sites excluding steroid dienone is 2. The number of pyridine rings is 1. The molecule has 5 atom stereocenters. The summed E-state index contributed by atoms with van der Waals surface area (Å²) in [6.45, 7) is 0.710. The average Bonchev–Trinajstić information content (AvgIpc) is 3.73. The number of carbonyl (C=O) groups is 4. The number of alkyl halides is 8. The van der Waals surface area contributed by atoms with E-state index in [9.17, 15) is 73.3 Å². The summed E-state index contributed by atoms with van der Waals surface area (Å²) in [4.78, 5) is 60.1. The molecule has 2 heterocycles. The third kappa shape index (κ3) is 13.4. The molecular formula is C45H43ClF10N8O8S2. The van der Waals surface area contributed by atoms with Gasteiger partial charge >= 0.3 is 30.3 Å². The lowest BCUT2D eigenvalue weighted by Crippen LogP contribution is -2.51. The van der Waals surface area contributed by atoms with Gasteiger partial charge in [-0.2, -0.15) is 35.1 Å². The second-order valence-corrected chi connectivity index (χ2v) is 20.8. The van der Waals surface area contributed by atoms with E-state index in [1.54, 1.807) is 0 Å². The lowest BCUT2D eigenvalue weighted by atomic mass is 9.93. The van der Waals surface area contributed by atoms with Crippen molar-refractivity contribution in [3.05, 3.63) is 87.3 Å². The Morgan fingerprint density at radius 3 is 2.22 bits per heavy atom. The van der Waals surface area contributed by atoms with Crippen LogP contribution in [0.25, 0.3) is 22.0 Å². The number of nitrogens with zero attached hydrogens (tertiary/aromatic N) is 6. The number of hydrogen-bond donors (Lipinski definition) is 4. The molecule has 4 unspecified atom stereocenters. The molecule has 74 heavy (non-hydrogen) atoms. The number of carboxylic acid groups (broad SMARTS) is 2. The summed E-state index contributed by atoms with van der Waals surface area (Å²) in [6.07, 6.45) is -11.3. The number of rotatable bonds is 15. The number of aliphatic imine (C=N–C) groups is 1. The van der Waals surface area contributed by atoms with Crippen molar-refractivity contribution in [3.63, 3.8) is 0 Å². The standard InChI is InChI=1S/C45H43ClF10N8O8S2/c1-21-18-43(49,50)38(33(21)37(57)45(54,55)56)58-19-31(65)60-29(15-22-13-23(47)16-24(48)14-22)35-26(8-7-25(59-35)11-12-42(2,3)73(5)71)27-9-10-28(46)34-36(27)63(20-44(51,52)53)61-39(34)64(74(6)72)41(70)62(4)30(40(68)69)17-32(66)67/h7-10,13-14,16,21,29-30H,15,17-20,57H2,1-6H3,(H,60,65)(H,66,67)(H,68,69)/t21-,29?,30?,73?,74?/m0/s1. The first-order valence-electron chi connectivity index (χ1n) is 21.3. The number of benzene rings is 2. The summed E-state index contributed by atoms with van der Waals surface area (Å²) in [6, 6.07) is 1.27. The van der Waals surface area contributed by atoms with Crippen LogP contribution in [0.1, 0.15) is 56.6 Å². The number of likely N-dealkylation sites (N-methyl/N-ethyl adjacent to an activating group) is 1. The predicted molar refractivity (Wildman–Crippen MR) is 252 cm³/mol. The van der Waals surface area contributed by atoms with Crippen molar-refractivity contribution in [2.24, 2.45) is 16.6 Å². The number of nitrogens with one attached hydrogen (secondary N) is 1. The van der Waals surface area contributed by atoms with E-state index < -0.39 is 175 Å². The highest BCUT2D eigenvalue weighted by Gasteiger charge is 2.52. The summed E-state index contributed by atoms with van der Waals surface area (Å²) < 4.78 is 170. The van der Waals surface area contributed by atoms with Gasteiger partial charge in [0, 0.05) is 53.3 Å². The third-order valence-corrected chi connectivity index (χ3v) is 14.0. The molecular weight excluding hydrogens is 1070 g/mol. The van der Waals surface area contributed by atoms with Crippen LogP contribution in [-0.4, -0.2) is 123 Å². The molecule has 1 fully saturated rings. The molecule has 29 heteroatoms. The minimum absolute atomic E-state index is 0.200. The summed E-state index contributed by atoms with van der Waals surface area (Å²) in [5.41, 5.74) is -1.24. The Labute approximate surface area is 424 Å². The fraction of sp³-hybridized carbons (Fsp3) is 0.400. The molecule has 0 aliphatic heterocycles. The molecule has 0 spiro atoms. The van der Waals surface area contributed by atoms with E-state index in [0.717, 1.165) is 44.5 Å². The first-order chi connectivity index (χ1) is 34.0. The van der Waals surface area contributed by atoms with Crippen LogP contribution in [0.2, 0.25) is 5.02 Å². The number of anilines is 1. The van der Waals surface area contributed by atoms with Crippen LogP contribution in [0.15, 0.2) is 58.7 Å². The number of nitrogens with two attached hydrogens (primary N) is 1. The van der Waals surface area contributed by atoms with E-state index in [4.69, 9.17) is 17.3 Å². The number of fused-ring (bicyclic) bond motifs is 1. The number of amides is 3. The number of aromatic nitrogens is 3. The maximum atomic E-state index is 15.3. The van der Waals surface area contributed by atoms with Gasteiger partial charge in [0.2, 0.25) is 11.7 Å². The van der Waals surface area contributed by atoms with Crippen LogP contribution in [0, 0.1) is 29.4 Å². The SMILES string of the molecule is C[C@H]1CC(F)(F)C(=NCC(=O)NC(Cc2cc(F)cc(F)c2)c2nc(C#CC(C)(C)S(C)=O)ccc2-c2ccc(Cl)c3c(N(C(=O)N(C)C(CC(=O)O)C(=O)O)[S+](C)[O-])nn(CC(F)(F)F)c23)C1=C(N)C(F)(F)F. The first-order valence-corrected chi connectivity index (χ1v) is 24.7. The van der Waals surface area contributed by atoms with E-state index in [1.165, 1.54) is 32.2 Å². The molecule has 2 aromatic carbocycles. The van der Waals surface area contributed by atoms with Gasteiger partial charge in [-0.25, -0.2) is 23.4 Å². The van der Waals surface area contributed by atoms with E-state index in [-0.39, 0.29) is 31.4 Å². The normalized spacial score (nSPS) is 17.8. The number of carboxylic acids is 2. The lowest BCUT2D eigenvalue weighted by molar-refractivity contribution is -0.148. The minimum Gasteiger partial charge on any atom is -0.593 e. The Balaban J connectivity index is 1.85.